The van der Waals surface area contributed by atoms with Gasteiger partial charge in [-0.15, -0.1) is 0 Å². The van der Waals surface area contributed by atoms with Gasteiger partial charge < -0.3 is 14.4 Å². The number of hydrogen-bond donors (Lipinski definition) is 0. The van der Waals surface area contributed by atoms with Crippen LogP contribution >= 0.6 is 0 Å². The minimum Gasteiger partial charge on any atom is -0.447 e. The lowest BCUT2D eigenvalue weighted by Gasteiger charge is -2.13. The van der Waals surface area contributed by atoms with Crippen LogP contribution in [0.15, 0.2) is 0 Å². The minimum atomic E-state index is -0.262. The number of carbonyl (C=O) groups excluding carboxylic acids is 1. The number of carbonyl (C=O) groups is 1. The molecule has 0 aliphatic carbocycles. The summed E-state index contributed by atoms with van der Waals surface area (Å²) in [5, 5.41) is 0. The van der Waals surface area contributed by atoms with Gasteiger partial charge in [0.05, 0.1) is 12.6 Å². The summed E-state index contributed by atoms with van der Waals surface area (Å²) < 4.78 is 9.61. The van der Waals surface area contributed by atoms with E-state index in [4.69, 9.17) is 9.47 Å². The van der Waals surface area contributed by atoms with Gasteiger partial charge in [-0.25, -0.2) is 4.79 Å². The van der Waals surface area contributed by atoms with Crippen molar-refractivity contribution in [2.75, 3.05) is 27.4 Å². The topological polar surface area (TPSA) is 38.8 Å². The molecule has 0 bridgehead atoms. The molecule has 1 aliphatic rings. The van der Waals surface area contributed by atoms with Crippen LogP contribution in [-0.4, -0.2) is 44.4 Å². The van der Waals surface area contributed by atoms with E-state index < -0.39 is 0 Å². The van der Waals surface area contributed by atoms with Crippen molar-refractivity contribution in [3.8, 4) is 0 Å². The van der Waals surface area contributed by atoms with Crippen LogP contribution in [0.3, 0.4) is 0 Å². The van der Waals surface area contributed by atoms with Gasteiger partial charge in [0.15, 0.2) is 0 Å². The molecule has 0 radical (unpaired) electrons. The van der Waals surface area contributed by atoms with Crippen molar-refractivity contribution in [3.05, 3.63) is 0 Å². The Hall–Kier alpha value is -0.770. The van der Waals surface area contributed by atoms with Crippen LogP contribution in [0, 0.1) is 0 Å². The monoisotopic (exact) mass is 145 g/mol. The van der Waals surface area contributed by atoms with Gasteiger partial charge in [-0.2, -0.15) is 0 Å². The molecule has 58 valence electrons. The van der Waals surface area contributed by atoms with Crippen molar-refractivity contribution < 1.29 is 14.3 Å². The number of likely N-dealkylation sites (N-methyl/N-ethyl adjacent to an activating group) is 1. The molecule has 1 saturated heterocycles. The first-order valence-electron chi connectivity index (χ1n) is 3.14. The summed E-state index contributed by atoms with van der Waals surface area (Å²) in [5.41, 5.74) is 0. The standard InChI is InChI=1S/C6H11NO3/c1-7-5(3-9-2)4-10-6(7)8/h5H,3-4H2,1-2H3/t5-/m0/s1. The van der Waals surface area contributed by atoms with Gasteiger partial charge in [0.25, 0.3) is 0 Å². The third kappa shape index (κ3) is 1.21. The van der Waals surface area contributed by atoms with E-state index in [0.717, 1.165) is 0 Å². The summed E-state index contributed by atoms with van der Waals surface area (Å²) in [7, 11) is 3.32. The fourth-order valence-corrected chi connectivity index (χ4v) is 0.882. The number of ether oxygens (including phenoxy) is 2. The van der Waals surface area contributed by atoms with E-state index in [1.165, 1.54) is 0 Å². The van der Waals surface area contributed by atoms with Crippen LogP contribution in [0.25, 0.3) is 0 Å². The molecule has 0 aromatic rings. The van der Waals surface area contributed by atoms with Crippen molar-refractivity contribution in [2.45, 2.75) is 6.04 Å². The summed E-state index contributed by atoms with van der Waals surface area (Å²) in [6.07, 6.45) is -0.262. The molecule has 10 heavy (non-hydrogen) atoms. The molecule has 1 aliphatic heterocycles. The Morgan fingerprint density at radius 1 is 1.90 bits per heavy atom. The fourth-order valence-electron chi connectivity index (χ4n) is 0.882. The van der Waals surface area contributed by atoms with Crippen molar-refractivity contribution in [3.63, 3.8) is 0 Å². The van der Waals surface area contributed by atoms with Crippen LogP contribution in [0.4, 0.5) is 4.79 Å². The molecular formula is C6H11NO3. The van der Waals surface area contributed by atoms with Gasteiger partial charge in [0.2, 0.25) is 0 Å². The van der Waals surface area contributed by atoms with Crippen molar-refractivity contribution in [2.24, 2.45) is 0 Å². The lowest BCUT2D eigenvalue weighted by Crippen LogP contribution is -2.32. The van der Waals surface area contributed by atoms with Crippen molar-refractivity contribution in [1.29, 1.82) is 0 Å². The highest BCUT2D eigenvalue weighted by Crippen LogP contribution is 2.08. The van der Waals surface area contributed by atoms with Crippen LogP contribution in [0.1, 0.15) is 0 Å². The molecule has 1 heterocycles. The van der Waals surface area contributed by atoms with E-state index in [0.29, 0.717) is 13.2 Å². The van der Waals surface area contributed by atoms with E-state index in [2.05, 4.69) is 0 Å². The highest BCUT2D eigenvalue weighted by Gasteiger charge is 2.28. The Bertz CT molecular complexity index is 137. The van der Waals surface area contributed by atoms with E-state index in [-0.39, 0.29) is 12.1 Å². The van der Waals surface area contributed by atoms with Gasteiger partial charge in [-0.05, 0) is 0 Å². The van der Waals surface area contributed by atoms with Gasteiger partial charge in [0.1, 0.15) is 6.61 Å². The summed E-state index contributed by atoms with van der Waals surface area (Å²) >= 11 is 0. The quantitative estimate of drug-likeness (QED) is 0.552. The Balaban J connectivity index is 2.41. The zero-order valence-corrected chi connectivity index (χ0v) is 6.16. The Morgan fingerprint density at radius 2 is 2.60 bits per heavy atom. The SMILES string of the molecule is COC[C@H]1COC(=O)N1C. The lowest BCUT2D eigenvalue weighted by molar-refractivity contribution is 0.137. The first-order valence-corrected chi connectivity index (χ1v) is 3.14. The largest absolute Gasteiger partial charge is 0.447 e. The first kappa shape index (κ1) is 7.34. The predicted octanol–water partition coefficient (Wildman–Crippen LogP) is 0.0834. The van der Waals surface area contributed by atoms with Crippen LogP contribution in [0.5, 0.6) is 0 Å². The fraction of sp³-hybridized carbons (Fsp3) is 0.833. The highest BCUT2D eigenvalue weighted by atomic mass is 16.6. The van der Waals surface area contributed by atoms with Crippen molar-refractivity contribution in [1.82, 2.24) is 4.90 Å². The average Bonchev–Trinajstić information content (AvgIpc) is 2.20. The molecular weight excluding hydrogens is 134 g/mol. The van der Waals surface area contributed by atoms with Crippen LogP contribution < -0.4 is 0 Å². The van der Waals surface area contributed by atoms with E-state index in [9.17, 15) is 4.79 Å². The number of methoxy groups -OCH3 is 1. The van der Waals surface area contributed by atoms with Crippen LogP contribution in [-0.2, 0) is 9.47 Å². The molecule has 0 aromatic carbocycles. The molecule has 0 aromatic heterocycles. The zero-order valence-electron chi connectivity index (χ0n) is 6.16. The number of cyclic esters (lactones) is 1. The van der Waals surface area contributed by atoms with E-state index in [1.807, 2.05) is 0 Å². The molecule has 1 rings (SSSR count). The second-order valence-electron chi connectivity index (χ2n) is 2.30. The molecule has 0 unspecified atom stereocenters. The van der Waals surface area contributed by atoms with Crippen LogP contribution in [0.2, 0.25) is 0 Å². The summed E-state index contributed by atoms with van der Waals surface area (Å²) in [4.78, 5) is 12.3. The third-order valence-electron chi connectivity index (χ3n) is 1.59. The minimum absolute atomic E-state index is 0.0949. The molecule has 0 N–H and O–H groups in total. The summed E-state index contributed by atoms with van der Waals surface area (Å²) in [6.45, 7) is 0.991. The van der Waals surface area contributed by atoms with Gasteiger partial charge in [-0.1, -0.05) is 0 Å². The second-order valence-corrected chi connectivity index (χ2v) is 2.30. The average molecular weight is 145 g/mol. The highest BCUT2D eigenvalue weighted by molar-refractivity contribution is 5.69. The Morgan fingerprint density at radius 3 is 3.00 bits per heavy atom. The molecule has 1 fully saturated rings. The van der Waals surface area contributed by atoms with Crippen molar-refractivity contribution >= 4 is 6.09 Å². The first-order chi connectivity index (χ1) is 4.75. The van der Waals surface area contributed by atoms with Gasteiger partial charge in [-0.3, -0.25) is 0 Å². The van der Waals surface area contributed by atoms with Gasteiger partial charge >= 0.3 is 6.09 Å². The Labute approximate surface area is 59.7 Å². The maximum atomic E-state index is 10.7. The third-order valence-corrected chi connectivity index (χ3v) is 1.59. The summed E-state index contributed by atoms with van der Waals surface area (Å²) in [5.74, 6) is 0. The summed E-state index contributed by atoms with van der Waals surface area (Å²) in [6, 6.07) is 0.0949. The van der Waals surface area contributed by atoms with E-state index in [1.54, 1.807) is 19.1 Å². The normalized spacial score (nSPS) is 25.2. The molecule has 1 amide bonds. The predicted molar refractivity (Wildman–Crippen MR) is 34.8 cm³/mol. The van der Waals surface area contributed by atoms with Gasteiger partial charge in [0, 0.05) is 14.2 Å². The lowest BCUT2D eigenvalue weighted by atomic mass is 10.3. The number of hydrogen-bond acceptors (Lipinski definition) is 3. The smallest absolute Gasteiger partial charge is 0.410 e. The Kier molecular flexibility index (Phi) is 2.11. The molecule has 4 heteroatoms. The second kappa shape index (κ2) is 2.88. The number of amides is 1. The maximum absolute atomic E-state index is 10.7. The molecule has 0 saturated carbocycles. The molecule has 1 atom stereocenters. The zero-order chi connectivity index (χ0) is 7.56. The number of nitrogens with zero attached hydrogens (tertiary/aromatic N) is 1. The van der Waals surface area contributed by atoms with E-state index >= 15 is 0 Å². The molecule has 4 nitrogen and oxygen atoms in total. The maximum Gasteiger partial charge on any atom is 0.410 e. The number of rotatable bonds is 2. The molecule has 0 spiro atoms.